The van der Waals surface area contributed by atoms with E-state index in [-0.39, 0.29) is 10.7 Å². The molecule has 0 saturated heterocycles. The Balaban J connectivity index is 2.42. The zero-order chi connectivity index (χ0) is 14.0. The van der Waals surface area contributed by atoms with E-state index >= 15 is 0 Å². The number of halogens is 1. The van der Waals surface area contributed by atoms with Crippen LogP contribution in [-0.2, 0) is 4.74 Å². The number of carboxylic acids is 1. The van der Waals surface area contributed by atoms with E-state index in [4.69, 9.17) is 16.7 Å². The van der Waals surface area contributed by atoms with Crippen LogP contribution in [0.15, 0.2) is 23.7 Å². The summed E-state index contributed by atoms with van der Waals surface area (Å²) in [6.07, 6.45) is 1.46. The highest BCUT2D eigenvalue weighted by Crippen LogP contribution is 2.28. The Hall–Kier alpha value is -1.92. The number of carbonyl (C=O) groups excluding carboxylic acids is 1. The maximum Gasteiger partial charge on any atom is 0.348 e. The van der Waals surface area contributed by atoms with Gasteiger partial charge in [0.1, 0.15) is 10.0 Å². The third kappa shape index (κ3) is 2.74. The van der Waals surface area contributed by atoms with Crippen molar-refractivity contribution in [2.24, 2.45) is 0 Å². The van der Waals surface area contributed by atoms with E-state index in [1.807, 2.05) is 0 Å². The first-order valence-corrected chi connectivity index (χ1v) is 6.34. The molecule has 1 N–H and O–H groups in total. The van der Waals surface area contributed by atoms with Crippen molar-refractivity contribution < 1.29 is 19.4 Å². The lowest BCUT2D eigenvalue weighted by atomic mass is 10.1. The minimum absolute atomic E-state index is 0.0697. The molecule has 0 fully saturated rings. The highest BCUT2D eigenvalue weighted by Gasteiger charge is 2.14. The molecule has 0 aliphatic heterocycles. The first-order valence-electron chi connectivity index (χ1n) is 5.09. The van der Waals surface area contributed by atoms with Crippen LogP contribution in [0.3, 0.4) is 0 Å². The lowest BCUT2D eigenvalue weighted by Gasteiger charge is -2.01. The van der Waals surface area contributed by atoms with Gasteiger partial charge in [-0.2, -0.15) is 0 Å². The van der Waals surface area contributed by atoms with Crippen LogP contribution in [0, 0.1) is 0 Å². The average molecular weight is 298 g/mol. The molecule has 5 nitrogen and oxygen atoms in total. The van der Waals surface area contributed by atoms with Crippen molar-refractivity contribution in [1.29, 1.82) is 0 Å². The van der Waals surface area contributed by atoms with Crippen LogP contribution in [0.1, 0.15) is 20.0 Å². The largest absolute Gasteiger partial charge is 0.478 e. The predicted octanol–water partition coefficient (Wildman–Crippen LogP) is 2.95. The molecule has 2 aromatic heterocycles. The first-order chi connectivity index (χ1) is 9.02. The molecular formula is C12H8ClNO4S. The molecule has 0 amide bonds. The fourth-order valence-corrected chi connectivity index (χ4v) is 2.47. The Morgan fingerprint density at radius 1 is 1.37 bits per heavy atom. The Morgan fingerprint density at radius 3 is 2.74 bits per heavy atom. The number of aromatic carboxylic acids is 1. The van der Waals surface area contributed by atoms with Gasteiger partial charge in [0, 0.05) is 11.8 Å². The van der Waals surface area contributed by atoms with Crippen LogP contribution in [-0.4, -0.2) is 29.1 Å². The topological polar surface area (TPSA) is 76.5 Å². The number of thiophene rings is 1. The van der Waals surface area contributed by atoms with Crippen molar-refractivity contribution in [2.75, 3.05) is 7.11 Å². The number of esters is 1. The molecule has 0 atom stereocenters. The number of carbonyl (C=O) groups is 2. The van der Waals surface area contributed by atoms with Crippen molar-refractivity contribution in [3.63, 3.8) is 0 Å². The summed E-state index contributed by atoms with van der Waals surface area (Å²) in [5.41, 5.74) is 1.19. The summed E-state index contributed by atoms with van der Waals surface area (Å²) >= 11 is 6.91. The molecule has 0 aliphatic rings. The molecule has 0 saturated carbocycles. The third-order valence-electron chi connectivity index (χ3n) is 2.39. The van der Waals surface area contributed by atoms with Gasteiger partial charge in [-0.1, -0.05) is 11.6 Å². The van der Waals surface area contributed by atoms with Gasteiger partial charge in [-0.25, -0.2) is 14.6 Å². The van der Waals surface area contributed by atoms with Crippen molar-refractivity contribution in [3.05, 3.63) is 39.3 Å². The van der Waals surface area contributed by atoms with Gasteiger partial charge in [-0.15, -0.1) is 11.3 Å². The van der Waals surface area contributed by atoms with Gasteiger partial charge in [0.05, 0.1) is 12.7 Å². The van der Waals surface area contributed by atoms with E-state index in [0.717, 1.165) is 0 Å². The number of pyridine rings is 1. The Labute approximate surface area is 117 Å². The van der Waals surface area contributed by atoms with E-state index in [1.54, 1.807) is 11.4 Å². The lowest BCUT2D eigenvalue weighted by molar-refractivity contribution is 0.0605. The predicted molar refractivity (Wildman–Crippen MR) is 70.9 cm³/mol. The molecule has 0 unspecified atom stereocenters. The van der Waals surface area contributed by atoms with Crippen molar-refractivity contribution >= 4 is 34.9 Å². The first kappa shape index (κ1) is 13.5. The van der Waals surface area contributed by atoms with E-state index in [9.17, 15) is 9.59 Å². The zero-order valence-electron chi connectivity index (χ0n) is 9.71. The summed E-state index contributed by atoms with van der Waals surface area (Å²) < 4.78 is 4.61. The fourth-order valence-electron chi connectivity index (χ4n) is 1.45. The summed E-state index contributed by atoms with van der Waals surface area (Å²) in [6, 6.07) is 3.04. The summed E-state index contributed by atoms with van der Waals surface area (Å²) in [4.78, 5) is 26.6. The van der Waals surface area contributed by atoms with E-state index in [0.29, 0.717) is 16.0 Å². The van der Waals surface area contributed by atoms with Gasteiger partial charge in [-0.05, 0) is 23.1 Å². The minimum atomic E-state index is -1.15. The molecule has 2 rings (SSSR count). The van der Waals surface area contributed by atoms with Gasteiger partial charge in [0.2, 0.25) is 0 Å². The van der Waals surface area contributed by atoms with Crippen LogP contribution >= 0.6 is 22.9 Å². The van der Waals surface area contributed by atoms with Crippen LogP contribution in [0.2, 0.25) is 5.15 Å². The summed E-state index contributed by atoms with van der Waals surface area (Å²) in [5.74, 6) is -1.58. The van der Waals surface area contributed by atoms with E-state index < -0.39 is 11.9 Å². The maximum absolute atomic E-state index is 11.3. The normalized spacial score (nSPS) is 10.2. The SMILES string of the molecule is COC(=O)c1cc(-c2cnc(Cl)c(C(=O)O)c2)cs1. The summed E-state index contributed by atoms with van der Waals surface area (Å²) in [6.45, 7) is 0. The molecule has 2 aromatic rings. The minimum Gasteiger partial charge on any atom is -0.478 e. The van der Waals surface area contributed by atoms with Crippen LogP contribution in [0.4, 0.5) is 0 Å². The van der Waals surface area contributed by atoms with Gasteiger partial charge in [0.25, 0.3) is 0 Å². The summed E-state index contributed by atoms with van der Waals surface area (Å²) in [7, 11) is 1.30. The van der Waals surface area contributed by atoms with Crippen molar-refractivity contribution in [2.45, 2.75) is 0 Å². The third-order valence-corrected chi connectivity index (χ3v) is 3.60. The molecule has 19 heavy (non-hydrogen) atoms. The van der Waals surface area contributed by atoms with Crippen LogP contribution in [0.5, 0.6) is 0 Å². The van der Waals surface area contributed by atoms with Gasteiger partial charge < -0.3 is 9.84 Å². The quantitative estimate of drug-likeness (QED) is 0.696. The molecule has 98 valence electrons. The number of methoxy groups -OCH3 is 1. The van der Waals surface area contributed by atoms with Crippen LogP contribution in [0.25, 0.3) is 11.1 Å². The van der Waals surface area contributed by atoms with E-state index in [1.165, 1.54) is 30.7 Å². The molecule has 0 bridgehead atoms. The smallest absolute Gasteiger partial charge is 0.348 e. The number of carboxylic acid groups (broad SMARTS) is 1. The Kier molecular flexibility index (Phi) is 3.82. The number of hydrogen-bond acceptors (Lipinski definition) is 5. The average Bonchev–Trinajstić information content (AvgIpc) is 2.87. The fraction of sp³-hybridized carbons (Fsp3) is 0.0833. The molecule has 0 spiro atoms. The second-order valence-electron chi connectivity index (χ2n) is 3.56. The van der Waals surface area contributed by atoms with Crippen molar-refractivity contribution in [3.8, 4) is 11.1 Å². The second-order valence-corrected chi connectivity index (χ2v) is 4.83. The highest BCUT2D eigenvalue weighted by molar-refractivity contribution is 7.12. The molecule has 0 radical (unpaired) electrons. The number of hydrogen-bond donors (Lipinski definition) is 1. The standard InChI is InChI=1S/C12H8ClNO4S/c1-18-12(17)9-3-7(5-19-9)6-2-8(11(15)16)10(13)14-4-6/h2-5H,1H3,(H,15,16). The number of nitrogens with zero attached hydrogens (tertiary/aromatic N) is 1. The molecule has 2 heterocycles. The molecule has 7 heteroatoms. The molecule has 0 aromatic carbocycles. The Morgan fingerprint density at radius 2 is 2.11 bits per heavy atom. The molecular weight excluding hydrogens is 290 g/mol. The Bertz CT molecular complexity index is 653. The van der Waals surface area contributed by atoms with Crippen LogP contribution < -0.4 is 0 Å². The maximum atomic E-state index is 11.3. The zero-order valence-corrected chi connectivity index (χ0v) is 11.3. The van der Waals surface area contributed by atoms with Gasteiger partial charge in [0.15, 0.2) is 0 Å². The number of rotatable bonds is 3. The van der Waals surface area contributed by atoms with Gasteiger partial charge >= 0.3 is 11.9 Å². The summed E-state index contributed by atoms with van der Waals surface area (Å²) in [5, 5.41) is 10.6. The van der Waals surface area contributed by atoms with Gasteiger partial charge in [-0.3, -0.25) is 0 Å². The number of ether oxygens (including phenoxy) is 1. The second kappa shape index (κ2) is 5.38. The highest BCUT2D eigenvalue weighted by atomic mass is 35.5. The lowest BCUT2D eigenvalue weighted by Crippen LogP contribution is -1.99. The van der Waals surface area contributed by atoms with E-state index in [2.05, 4.69) is 9.72 Å². The van der Waals surface area contributed by atoms with Crippen molar-refractivity contribution in [1.82, 2.24) is 4.98 Å². The monoisotopic (exact) mass is 297 g/mol. The molecule has 0 aliphatic carbocycles. The number of aromatic nitrogens is 1.